The lowest BCUT2D eigenvalue weighted by molar-refractivity contribution is -0.136. The van der Waals surface area contributed by atoms with E-state index < -0.39 is 5.97 Å². The first kappa shape index (κ1) is 12.6. The van der Waals surface area contributed by atoms with Crippen LogP contribution in [0, 0.1) is 12.8 Å². The maximum atomic E-state index is 12.1. The van der Waals surface area contributed by atoms with Gasteiger partial charge in [-0.15, -0.1) is 0 Å². The molecule has 96 valence electrons. The predicted molar refractivity (Wildman–Crippen MR) is 68.5 cm³/mol. The molecular weight excluding hydrogens is 230 g/mol. The maximum Gasteiger partial charge on any atom is 0.323 e. The Labute approximate surface area is 106 Å². The molecule has 1 aromatic rings. The van der Waals surface area contributed by atoms with Gasteiger partial charge in [-0.2, -0.15) is 0 Å². The highest BCUT2D eigenvalue weighted by Crippen LogP contribution is 2.33. The lowest BCUT2D eigenvalue weighted by Crippen LogP contribution is -2.35. The molecule has 0 saturated heterocycles. The van der Waals surface area contributed by atoms with Gasteiger partial charge < -0.3 is 10.0 Å². The monoisotopic (exact) mass is 247 g/mol. The molecule has 1 amide bonds. The van der Waals surface area contributed by atoms with E-state index in [1.807, 2.05) is 19.1 Å². The van der Waals surface area contributed by atoms with Crippen molar-refractivity contribution >= 4 is 17.6 Å². The Balaban J connectivity index is 2.14. The first-order chi connectivity index (χ1) is 8.56. The van der Waals surface area contributed by atoms with Crippen LogP contribution in [-0.2, 0) is 9.59 Å². The number of amides is 1. The Morgan fingerprint density at radius 2 is 1.89 bits per heavy atom. The molecule has 0 unspecified atom stereocenters. The van der Waals surface area contributed by atoms with Crippen molar-refractivity contribution in [3.05, 3.63) is 29.8 Å². The minimum Gasteiger partial charge on any atom is -0.480 e. The van der Waals surface area contributed by atoms with Crippen LogP contribution in [0.4, 0.5) is 5.69 Å². The molecule has 4 nitrogen and oxygen atoms in total. The first-order valence-electron chi connectivity index (χ1n) is 6.15. The fraction of sp³-hybridized carbons (Fsp3) is 0.429. The second kappa shape index (κ2) is 5.21. The summed E-state index contributed by atoms with van der Waals surface area (Å²) >= 11 is 0. The van der Waals surface area contributed by atoms with Gasteiger partial charge in [-0.05, 0) is 37.8 Å². The van der Waals surface area contributed by atoms with Crippen LogP contribution < -0.4 is 4.90 Å². The standard InChI is InChI=1S/C14H17NO3/c1-10-2-6-12(7-3-10)15(9-14(17)18)13(16)8-11-4-5-11/h2-3,6-7,11H,4-5,8-9H2,1H3,(H,17,18). The van der Waals surface area contributed by atoms with Gasteiger partial charge in [0, 0.05) is 12.1 Å². The lowest BCUT2D eigenvalue weighted by Gasteiger charge is -2.21. The van der Waals surface area contributed by atoms with Crippen molar-refractivity contribution in [3.63, 3.8) is 0 Å². The van der Waals surface area contributed by atoms with E-state index in [1.165, 1.54) is 4.90 Å². The molecule has 0 aliphatic heterocycles. The van der Waals surface area contributed by atoms with Gasteiger partial charge >= 0.3 is 5.97 Å². The number of carbonyl (C=O) groups is 2. The normalized spacial score (nSPS) is 14.3. The summed E-state index contributed by atoms with van der Waals surface area (Å²) in [7, 11) is 0. The SMILES string of the molecule is Cc1ccc(N(CC(=O)O)C(=O)CC2CC2)cc1. The molecule has 18 heavy (non-hydrogen) atoms. The second-order valence-electron chi connectivity index (χ2n) is 4.86. The predicted octanol–water partition coefficient (Wildman–Crippen LogP) is 2.21. The summed E-state index contributed by atoms with van der Waals surface area (Å²) in [5, 5.41) is 8.90. The zero-order valence-corrected chi connectivity index (χ0v) is 10.4. The molecule has 0 radical (unpaired) electrons. The van der Waals surface area contributed by atoms with Gasteiger partial charge in [0.05, 0.1) is 0 Å². The quantitative estimate of drug-likeness (QED) is 0.867. The Morgan fingerprint density at radius 3 is 2.39 bits per heavy atom. The summed E-state index contributed by atoms with van der Waals surface area (Å²) in [6.07, 6.45) is 2.63. The van der Waals surface area contributed by atoms with Gasteiger partial charge in [-0.25, -0.2) is 0 Å². The molecule has 2 rings (SSSR count). The van der Waals surface area contributed by atoms with E-state index in [4.69, 9.17) is 5.11 Å². The van der Waals surface area contributed by atoms with Crippen LogP contribution >= 0.6 is 0 Å². The molecule has 1 aliphatic carbocycles. The molecule has 0 spiro atoms. The number of rotatable bonds is 5. The topological polar surface area (TPSA) is 57.6 Å². The van der Waals surface area contributed by atoms with E-state index in [0.717, 1.165) is 18.4 Å². The highest BCUT2D eigenvalue weighted by Gasteiger charge is 2.28. The maximum absolute atomic E-state index is 12.1. The van der Waals surface area contributed by atoms with E-state index in [0.29, 0.717) is 18.0 Å². The Kier molecular flexibility index (Phi) is 3.65. The number of benzene rings is 1. The number of carboxylic acids is 1. The smallest absolute Gasteiger partial charge is 0.323 e. The molecule has 1 saturated carbocycles. The van der Waals surface area contributed by atoms with Gasteiger partial charge in [0.15, 0.2) is 0 Å². The fourth-order valence-electron chi connectivity index (χ4n) is 1.86. The number of aliphatic carboxylic acids is 1. The molecule has 0 aromatic heterocycles. The first-order valence-corrected chi connectivity index (χ1v) is 6.15. The summed E-state index contributed by atoms with van der Waals surface area (Å²) in [5.41, 5.74) is 1.75. The zero-order chi connectivity index (χ0) is 13.1. The fourth-order valence-corrected chi connectivity index (χ4v) is 1.86. The van der Waals surface area contributed by atoms with Crippen molar-refractivity contribution in [1.82, 2.24) is 0 Å². The second-order valence-corrected chi connectivity index (χ2v) is 4.86. The highest BCUT2D eigenvalue weighted by molar-refractivity contribution is 5.97. The Bertz CT molecular complexity index is 449. The van der Waals surface area contributed by atoms with E-state index in [1.54, 1.807) is 12.1 Å². The number of hydrogen-bond acceptors (Lipinski definition) is 2. The van der Waals surface area contributed by atoms with Crippen molar-refractivity contribution in [2.24, 2.45) is 5.92 Å². The van der Waals surface area contributed by atoms with Gasteiger partial charge in [-0.3, -0.25) is 9.59 Å². The van der Waals surface area contributed by atoms with Crippen LogP contribution in [0.5, 0.6) is 0 Å². The summed E-state index contributed by atoms with van der Waals surface area (Å²) < 4.78 is 0. The Morgan fingerprint density at radius 1 is 1.28 bits per heavy atom. The van der Waals surface area contributed by atoms with Gasteiger partial charge in [0.25, 0.3) is 0 Å². The molecule has 1 aliphatic rings. The van der Waals surface area contributed by atoms with Gasteiger partial charge in [0.2, 0.25) is 5.91 Å². The molecule has 1 fully saturated rings. The Hall–Kier alpha value is -1.84. The van der Waals surface area contributed by atoms with Crippen molar-refractivity contribution < 1.29 is 14.7 Å². The van der Waals surface area contributed by atoms with Gasteiger partial charge in [-0.1, -0.05) is 17.7 Å². The molecule has 0 bridgehead atoms. The molecule has 0 atom stereocenters. The number of nitrogens with zero attached hydrogens (tertiary/aromatic N) is 1. The summed E-state index contributed by atoms with van der Waals surface area (Å²) in [6, 6.07) is 7.36. The molecule has 1 aromatic carbocycles. The third kappa shape index (κ3) is 3.32. The van der Waals surface area contributed by atoms with E-state index in [2.05, 4.69) is 0 Å². The highest BCUT2D eigenvalue weighted by atomic mass is 16.4. The average molecular weight is 247 g/mol. The van der Waals surface area contributed by atoms with Crippen LogP contribution in [0.25, 0.3) is 0 Å². The molecule has 4 heteroatoms. The number of anilines is 1. The third-order valence-corrected chi connectivity index (χ3v) is 3.10. The van der Waals surface area contributed by atoms with Crippen LogP contribution in [0.3, 0.4) is 0 Å². The zero-order valence-electron chi connectivity index (χ0n) is 10.4. The number of carbonyl (C=O) groups excluding carboxylic acids is 1. The van der Waals surface area contributed by atoms with E-state index in [9.17, 15) is 9.59 Å². The summed E-state index contributed by atoms with van der Waals surface area (Å²) in [6.45, 7) is 1.69. The number of carboxylic acid groups (broad SMARTS) is 1. The molecule has 0 heterocycles. The summed E-state index contributed by atoms with van der Waals surface area (Å²) in [4.78, 5) is 24.3. The van der Waals surface area contributed by atoms with Crippen LogP contribution in [0.1, 0.15) is 24.8 Å². The van der Waals surface area contributed by atoms with Crippen molar-refractivity contribution in [3.8, 4) is 0 Å². The minimum absolute atomic E-state index is 0.0937. The number of hydrogen-bond donors (Lipinski definition) is 1. The minimum atomic E-state index is -0.986. The van der Waals surface area contributed by atoms with E-state index >= 15 is 0 Å². The van der Waals surface area contributed by atoms with E-state index in [-0.39, 0.29) is 12.5 Å². The van der Waals surface area contributed by atoms with Crippen LogP contribution in [-0.4, -0.2) is 23.5 Å². The molecular formula is C14H17NO3. The average Bonchev–Trinajstić information content (AvgIpc) is 3.11. The van der Waals surface area contributed by atoms with Crippen molar-refractivity contribution in [1.29, 1.82) is 0 Å². The third-order valence-electron chi connectivity index (χ3n) is 3.10. The van der Waals surface area contributed by atoms with Gasteiger partial charge in [0.1, 0.15) is 6.54 Å². The largest absolute Gasteiger partial charge is 0.480 e. The summed E-state index contributed by atoms with van der Waals surface area (Å²) in [5.74, 6) is -0.622. The number of aryl methyl sites for hydroxylation is 1. The lowest BCUT2D eigenvalue weighted by atomic mass is 10.2. The van der Waals surface area contributed by atoms with Crippen LogP contribution in [0.15, 0.2) is 24.3 Å². The van der Waals surface area contributed by atoms with Crippen LogP contribution in [0.2, 0.25) is 0 Å². The van der Waals surface area contributed by atoms with Crippen molar-refractivity contribution in [2.45, 2.75) is 26.2 Å². The van der Waals surface area contributed by atoms with Crippen molar-refractivity contribution in [2.75, 3.05) is 11.4 Å². The molecule has 1 N–H and O–H groups in total.